The molecule has 0 spiro atoms. The van der Waals surface area contributed by atoms with Crippen molar-refractivity contribution >= 4 is 10.1 Å². The predicted octanol–water partition coefficient (Wildman–Crippen LogP) is 2.49. The molecule has 2 rings (SSSR count). The molecule has 1 unspecified atom stereocenters. The van der Waals surface area contributed by atoms with Gasteiger partial charge in [-0.2, -0.15) is 8.42 Å². The summed E-state index contributed by atoms with van der Waals surface area (Å²) < 4.78 is 41.0. The summed E-state index contributed by atoms with van der Waals surface area (Å²) in [6, 6.07) is 6.58. The Balaban J connectivity index is 2.21. The zero-order chi connectivity index (χ0) is 15.6. The minimum Gasteiger partial charge on any atom is -0.353 e. The average molecular weight is 314 g/mol. The molecule has 1 aromatic carbocycles. The van der Waals surface area contributed by atoms with E-state index in [2.05, 4.69) is 0 Å². The zero-order valence-electron chi connectivity index (χ0n) is 12.8. The van der Waals surface area contributed by atoms with Crippen LogP contribution in [0.4, 0.5) is 0 Å². The van der Waals surface area contributed by atoms with E-state index in [-0.39, 0.29) is 16.9 Å². The Hall–Kier alpha value is -0.950. The van der Waals surface area contributed by atoms with Crippen LogP contribution in [-0.2, 0) is 23.8 Å². The summed E-state index contributed by atoms with van der Waals surface area (Å²) in [5.41, 5.74) is 0.993. The number of rotatable bonds is 5. The van der Waals surface area contributed by atoms with E-state index in [0.29, 0.717) is 0 Å². The van der Waals surface area contributed by atoms with Crippen LogP contribution in [-0.4, -0.2) is 34.0 Å². The van der Waals surface area contributed by atoms with Gasteiger partial charge in [0.25, 0.3) is 10.1 Å². The van der Waals surface area contributed by atoms with E-state index in [9.17, 15) is 8.42 Å². The van der Waals surface area contributed by atoms with Crippen molar-refractivity contribution in [3.8, 4) is 0 Å². The van der Waals surface area contributed by atoms with Crippen molar-refractivity contribution < 1.29 is 22.1 Å². The van der Waals surface area contributed by atoms with Crippen molar-refractivity contribution in [2.24, 2.45) is 5.92 Å². The fraction of sp³-hybridized carbons (Fsp3) is 0.600. The van der Waals surface area contributed by atoms with E-state index < -0.39 is 22.5 Å². The summed E-state index contributed by atoms with van der Waals surface area (Å²) in [6.45, 7) is 5.81. The number of benzene rings is 1. The molecule has 0 aliphatic carbocycles. The van der Waals surface area contributed by atoms with E-state index in [1.165, 1.54) is 7.11 Å². The fourth-order valence-electron chi connectivity index (χ4n) is 2.53. The molecule has 1 aliphatic rings. The summed E-state index contributed by atoms with van der Waals surface area (Å²) in [6.07, 6.45) is -0.574. The SMILES string of the molecule is CC[C@H]1OC(OC)[C@H](OS(=O)(=O)c2ccc(C)cc2)[C@H]1C. The van der Waals surface area contributed by atoms with Crippen LogP contribution >= 0.6 is 0 Å². The van der Waals surface area contributed by atoms with E-state index >= 15 is 0 Å². The molecule has 0 aromatic heterocycles. The van der Waals surface area contributed by atoms with Gasteiger partial charge in [0.15, 0.2) is 6.29 Å². The molecule has 1 fully saturated rings. The Labute approximate surface area is 126 Å². The Morgan fingerprint density at radius 2 is 1.86 bits per heavy atom. The maximum absolute atomic E-state index is 12.4. The molecule has 1 aromatic rings. The monoisotopic (exact) mass is 314 g/mol. The largest absolute Gasteiger partial charge is 0.353 e. The number of methoxy groups -OCH3 is 1. The van der Waals surface area contributed by atoms with Crippen LogP contribution in [0.1, 0.15) is 25.8 Å². The first-order valence-electron chi connectivity index (χ1n) is 7.07. The Morgan fingerprint density at radius 3 is 2.38 bits per heavy atom. The van der Waals surface area contributed by atoms with Crippen molar-refractivity contribution in [3.05, 3.63) is 29.8 Å². The van der Waals surface area contributed by atoms with Crippen molar-refractivity contribution in [2.75, 3.05) is 7.11 Å². The van der Waals surface area contributed by atoms with E-state index in [1.54, 1.807) is 24.3 Å². The third-order valence-corrected chi connectivity index (χ3v) is 5.19. The quantitative estimate of drug-likeness (QED) is 0.781. The third kappa shape index (κ3) is 3.45. The van der Waals surface area contributed by atoms with Gasteiger partial charge in [-0.05, 0) is 25.5 Å². The van der Waals surface area contributed by atoms with Gasteiger partial charge in [-0.1, -0.05) is 31.5 Å². The fourth-order valence-corrected chi connectivity index (χ4v) is 3.67. The Morgan fingerprint density at radius 1 is 1.24 bits per heavy atom. The minimum atomic E-state index is -3.83. The van der Waals surface area contributed by atoms with Gasteiger partial charge in [0.1, 0.15) is 6.10 Å². The normalized spacial score (nSPS) is 29.7. The molecule has 0 saturated carbocycles. The Bertz CT molecular complexity index is 564. The smallest absolute Gasteiger partial charge is 0.297 e. The molecule has 0 radical (unpaired) electrons. The lowest BCUT2D eigenvalue weighted by molar-refractivity contribution is -0.142. The molecule has 118 valence electrons. The van der Waals surface area contributed by atoms with Crippen molar-refractivity contribution in [3.63, 3.8) is 0 Å². The molecule has 4 atom stereocenters. The van der Waals surface area contributed by atoms with Gasteiger partial charge < -0.3 is 9.47 Å². The number of hydrogen-bond acceptors (Lipinski definition) is 5. The highest BCUT2D eigenvalue weighted by molar-refractivity contribution is 7.86. The number of ether oxygens (including phenoxy) is 2. The highest BCUT2D eigenvalue weighted by Crippen LogP contribution is 2.33. The number of aryl methyl sites for hydroxylation is 1. The van der Waals surface area contributed by atoms with Crippen molar-refractivity contribution in [1.82, 2.24) is 0 Å². The van der Waals surface area contributed by atoms with Crippen LogP contribution in [0, 0.1) is 12.8 Å². The lowest BCUT2D eigenvalue weighted by Gasteiger charge is -2.20. The average Bonchev–Trinajstić information content (AvgIpc) is 2.75. The second kappa shape index (κ2) is 6.44. The molecule has 0 bridgehead atoms. The van der Waals surface area contributed by atoms with Crippen LogP contribution in [0.25, 0.3) is 0 Å². The predicted molar refractivity (Wildman–Crippen MR) is 78.4 cm³/mol. The molecule has 5 nitrogen and oxygen atoms in total. The second-order valence-corrected chi connectivity index (χ2v) is 6.95. The standard InChI is InChI=1S/C15H22O5S/c1-5-13-11(3)14(15(18-4)19-13)20-21(16,17)12-8-6-10(2)7-9-12/h6-9,11,13-15H,5H2,1-4H3/t11-,13+,14+,15?/m0/s1. The summed E-state index contributed by atoms with van der Waals surface area (Å²) >= 11 is 0. The number of hydrogen-bond donors (Lipinski definition) is 0. The first kappa shape index (κ1) is 16.4. The van der Waals surface area contributed by atoms with Gasteiger partial charge in [-0.3, -0.25) is 4.18 Å². The highest BCUT2D eigenvalue weighted by Gasteiger charge is 2.44. The van der Waals surface area contributed by atoms with E-state index in [0.717, 1.165) is 12.0 Å². The lowest BCUT2D eigenvalue weighted by atomic mass is 9.99. The summed E-state index contributed by atoms with van der Waals surface area (Å²) in [5.74, 6) is -0.0554. The van der Waals surface area contributed by atoms with E-state index in [1.807, 2.05) is 20.8 Å². The van der Waals surface area contributed by atoms with Crippen LogP contribution in [0.3, 0.4) is 0 Å². The van der Waals surface area contributed by atoms with Crippen molar-refractivity contribution in [1.29, 1.82) is 0 Å². The summed E-state index contributed by atoms with van der Waals surface area (Å²) in [7, 11) is -2.34. The Kier molecular flexibility index (Phi) is 5.03. The van der Waals surface area contributed by atoms with Gasteiger partial charge in [0, 0.05) is 13.0 Å². The molecule has 1 heterocycles. The molecular weight excluding hydrogens is 292 g/mol. The maximum Gasteiger partial charge on any atom is 0.297 e. The second-order valence-electron chi connectivity index (χ2n) is 5.37. The molecule has 0 amide bonds. The van der Waals surface area contributed by atoms with Gasteiger partial charge in [-0.25, -0.2) is 0 Å². The third-order valence-electron chi connectivity index (χ3n) is 3.86. The summed E-state index contributed by atoms with van der Waals surface area (Å²) in [4.78, 5) is 0.148. The van der Waals surface area contributed by atoms with Crippen LogP contribution in [0.5, 0.6) is 0 Å². The molecular formula is C15H22O5S. The summed E-state index contributed by atoms with van der Waals surface area (Å²) in [5, 5.41) is 0. The first-order valence-corrected chi connectivity index (χ1v) is 8.48. The van der Waals surface area contributed by atoms with Crippen molar-refractivity contribution in [2.45, 2.75) is 50.6 Å². The van der Waals surface area contributed by atoms with Crippen LogP contribution in [0.15, 0.2) is 29.2 Å². The van der Waals surface area contributed by atoms with Gasteiger partial charge in [0.2, 0.25) is 0 Å². The molecule has 1 aliphatic heterocycles. The molecule has 1 saturated heterocycles. The lowest BCUT2D eigenvalue weighted by Crippen LogP contribution is -2.32. The maximum atomic E-state index is 12.4. The zero-order valence-corrected chi connectivity index (χ0v) is 13.6. The van der Waals surface area contributed by atoms with Gasteiger partial charge in [-0.15, -0.1) is 0 Å². The first-order chi connectivity index (χ1) is 9.89. The van der Waals surface area contributed by atoms with Crippen LogP contribution in [0.2, 0.25) is 0 Å². The van der Waals surface area contributed by atoms with E-state index in [4.69, 9.17) is 13.7 Å². The van der Waals surface area contributed by atoms with Gasteiger partial charge in [0.05, 0.1) is 11.0 Å². The topological polar surface area (TPSA) is 61.8 Å². The molecule has 0 N–H and O–H groups in total. The highest BCUT2D eigenvalue weighted by atomic mass is 32.2. The molecule has 6 heteroatoms. The minimum absolute atomic E-state index is 0.0554. The van der Waals surface area contributed by atoms with Gasteiger partial charge >= 0.3 is 0 Å². The molecule has 21 heavy (non-hydrogen) atoms. The van der Waals surface area contributed by atoms with Crippen LogP contribution < -0.4 is 0 Å².